The van der Waals surface area contributed by atoms with Crippen molar-refractivity contribution in [3.8, 4) is 0 Å². The van der Waals surface area contributed by atoms with Crippen LogP contribution in [0.4, 0.5) is 0 Å². The van der Waals surface area contributed by atoms with Crippen LogP contribution in [0.15, 0.2) is 0 Å². The van der Waals surface area contributed by atoms with Crippen LogP contribution in [0, 0.1) is 5.92 Å². The Hall–Kier alpha value is -0.860. The van der Waals surface area contributed by atoms with Gasteiger partial charge in [-0.05, 0) is 19.3 Å². The molecule has 0 aliphatic rings. The first kappa shape index (κ1) is 12.1. The molecule has 0 aromatic carbocycles. The Bertz CT molecular complexity index is 187. The summed E-state index contributed by atoms with van der Waals surface area (Å²) in [4.78, 5) is 22.2. The maximum atomic E-state index is 11.1. The van der Waals surface area contributed by atoms with Crippen LogP contribution in [-0.2, 0) is 9.59 Å². The van der Waals surface area contributed by atoms with Crippen molar-refractivity contribution in [3.63, 3.8) is 0 Å². The molecule has 0 fully saturated rings. The molecule has 0 unspecified atom stereocenters. The van der Waals surface area contributed by atoms with Crippen LogP contribution in [0.3, 0.4) is 0 Å². The van der Waals surface area contributed by atoms with Crippen molar-refractivity contribution in [3.05, 3.63) is 0 Å². The minimum Gasteiger partial charge on any atom is -0.346 e. The van der Waals surface area contributed by atoms with Crippen molar-refractivity contribution in [2.45, 2.75) is 46.6 Å². The predicted molar refractivity (Wildman–Crippen MR) is 52.4 cm³/mol. The first-order chi connectivity index (χ1) is 5.97. The molecule has 0 aromatic heterocycles. The number of ketones is 1. The zero-order valence-corrected chi connectivity index (χ0v) is 8.89. The van der Waals surface area contributed by atoms with E-state index in [4.69, 9.17) is 0 Å². The van der Waals surface area contributed by atoms with Gasteiger partial charge in [-0.1, -0.05) is 20.8 Å². The van der Waals surface area contributed by atoms with E-state index < -0.39 is 0 Å². The molecule has 0 aliphatic carbocycles. The summed E-state index contributed by atoms with van der Waals surface area (Å²) in [5, 5.41) is 2.71. The molecule has 3 nitrogen and oxygen atoms in total. The molecule has 1 atom stereocenters. The highest BCUT2D eigenvalue weighted by Gasteiger charge is 2.16. The third-order valence-corrected chi connectivity index (χ3v) is 1.85. The zero-order valence-electron chi connectivity index (χ0n) is 8.89. The lowest BCUT2D eigenvalue weighted by Crippen LogP contribution is -2.40. The van der Waals surface area contributed by atoms with Gasteiger partial charge < -0.3 is 5.32 Å². The quantitative estimate of drug-likeness (QED) is 0.705. The molecule has 0 saturated carbocycles. The second-order valence-corrected chi connectivity index (χ2v) is 3.71. The number of hydrogen-bond acceptors (Lipinski definition) is 2. The fourth-order valence-corrected chi connectivity index (χ4v) is 1.09. The van der Waals surface area contributed by atoms with Crippen molar-refractivity contribution >= 4 is 11.7 Å². The van der Waals surface area contributed by atoms with E-state index in [2.05, 4.69) is 5.32 Å². The topological polar surface area (TPSA) is 46.2 Å². The van der Waals surface area contributed by atoms with Gasteiger partial charge in [-0.25, -0.2) is 0 Å². The van der Waals surface area contributed by atoms with Crippen molar-refractivity contribution in [2.75, 3.05) is 0 Å². The SMILES string of the molecule is CCC(=O)N[C@H](CC(C)C)C(C)=O. The van der Waals surface area contributed by atoms with Gasteiger partial charge in [-0.2, -0.15) is 0 Å². The van der Waals surface area contributed by atoms with E-state index in [0.29, 0.717) is 12.3 Å². The number of rotatable bonds is 5. The normalized spacial score (nSPS) is 12.7. The summed E-state index contributed by atoms with van der Waals surface area (Å²) < 4.78 is 0. The number of amides is 1. The fraction of sp³-hybridized carbons (Fsp3) is 0.800. The van der Waals surface area contributed by atoms with Crippen LogP contribution in [0.5, 0.6) is 0 Å². The molecule has 0 bridgehead atoms. The molecule has 0 radical (unpaired) electrons. The summed E-state index contributed by atoms with van der Waals surface area (Å²) in [6.45, 7) is 7.37. The summed E-state index contributed by atoms with van der Waals surface area (Å²) in [5.74, 6) is 0.405. The van der Waals surface area contributed by atoms with E-state index >= 15 is 0 Å². The van der Waals surface area contributed by atoms with Crippen LogP contribution in [0.25, 0.3) is 0 Å². The number of hydrogen-bond donors (Lipinski definition) is 1. The van der Waals surface area contributed by atoms with E-state index in [1.807, 2.05) is 13.8 Å². The molecule has 0 rings (SSSR count). The molecule has 0 heterocycles. The highest BCUT2D eigenvalue weighted by Crippen LogP contribution is 2.05. The molecule has 3 heteroatoms. The van der Waals surface area contributed by atoms with Gasteiger partial charge >= 0.3 is 0 Å². The molecule has 1 N–H and O–H groups in total. The molecule has 0 aliphatic heterocycles. The molecule has 0 spiro atoms. The van der Waals surface area contributed by atoms with Gasteiger partial charge in [0.05, 0.1) is 6.04 Å². The molecule has 76 valence electrons. The van der Waals surface area contributed by atoms with Crippen molar-refractivity contribution < 1.29 is 9.59 Å². The summed E-state index contributed by atoms with van der Waals surface area (Å²) in [5.41, 5.74) is 0. The highest BCUT2D eigenvalue weighted by molar-refractivity contribution is 5.87. The first-order valence-corrected chi connectivity index (χ1v) is 4.77. The Labute approximate surface area is 79.9 Å². The van der Waals surface area contributed by atoms with E-state index in [1.54, 1.807) is 6.92 Å². The van der Waals surface area contributed by atoms with Crippen molar-refractivity contribution in [2.24, 2.45) is 5.92 Å². The average molecular weight is 185 g/mol. The maximum absolute atomic E-state index is 11.1. The van der Waals surface area contributed by atoms with Gasteiger partial charge in [-0.15, -0.1) is 0 Å². The third kappa shape index (κ3) is 5.39. The number of carbonyl (C=O) groups excluding carboxylic acids is 2. The molecule has 13 heavy (non-hydrogen) atoms. The highest BCUT2D eigenvalue weighted by atomic mass is 16.2. The molecule has 0 aromatic rings. The smallest absolute Gasteiger partial charge is 0.220 e. The van der Waals surface area contributed by atoms with Gasteiger partial charge in [0.2, 0.25) is 5.91 Å². The van der Waals surface area contributed by atoms with Crippen LogP contribution in [-0.4, -0.2) is 17.7 Å². The lowest BCUT2D eigenvalue weighted by molar-refractivity contribution is -0.127. The Morgan fingerprint density at radius 2 is 1.85 bits per heavy atom. The number of Topliss-reactive ketones (excluding diaryl/α,β-unsaturated/α-hetero) is 1. The number of carbonyl (C=O) groups is 2. The molecular formula is C10H19NO2. The first-order valence-electron chi connectivity index (χ1n) is 4.77. The van der Waals surface area contributed by atoms with E-state index in [9.17, 15) is 9.59 Å². The third-order valence-electron chi connectivity index (χ3n) is 1.85. The van der Waals surface area contributed by atoms with E-state index in [1.165, 1.54) is 6.92 Å². The molecular weight excluding hydrogens is 166 g/mol. The average Bonchev–Trinajstić information content (AvgIpc) is 2.02. The molecule has 1 amide bonds. The largest absolute Gasteiger partial charge is 0.346 e. The minimum atomic E-state index is -0.299. The second-order valence-electron chi connectivity index (χ2n) is 3.71. The second kappa shape index (κ2) is 5.73. The van der Waals surface area contributed by atoms with E-state index in [0.717, 1.165) is 6.42 Å². The van der Waals surface area contributed by atoms with Gasteiger partial charge in [0.25, 0.3) is 0 Å². The Morgan fingerprint density at radius 3 is 2.15 bits per heavy atom. The monoisotopic (exact) mass is 185 g/mol. The standard InChI is InChI=1S/C10H19NO2/c1-5-10(13)11-9(8(4)12)6-7(2)3/h7,9H,5-6H2,1-4H3,(H,11,13)/t9-/m1/s1. The zero-order chi connectivity index (χ0) is 10.4. The van der Waals surface area contributed by atoms with Crippen LogP contribution >= 0.6 is 0 Å². The predicted octanol–water partition coefficient (Wildman–Crippen LogP) is 1.52. The summed E-state index contributed by atoms with van der Waals surface area (Å²) in [6, 6.07) is -0.299. The lowest BCUT2D eigenvalue weighted by atomic mass is 10.0. The maximum Gasteiger partial charge on any atom is 0.220 e. The Morgan fingerprint density at radius 1 is 1.31 bits per heavy atom. The van der Waals surface area contributed by atoms with Crippen molar-refractivity contribution in [1.29, 1.82) is 0 Å². The van der Waals surface area contributed by atoms with Crippen LogP contribution < -0.4 is 5.32 Å². The summed E-state index contributed by atoms with van der Waals surface area (Å²) >= 11 is 0. The lowest BCUT2D eigenvalue weighted by Gasteiger charge is -2.17. The summed E-state index contributed by atoms with van der Waals surface area (Å²) in [7, 11) is 0. The van der Waals surface area contributed by atoms with Crippen LogP contribution in [0.2, 0.25) is 0 Å². The number of nitrogens with one attached hydrogen (secondary N) is 1. The Balaban J connectivity index is 4.10. The van der Waals surface area contributed by atoms with Crippen LogP contribution in [0.1, 0.15) is 40.5 Å². The van der Waals surface area contributed by atoms with Gasteiger partial charge in [0.1, 0.15) is 0 Å². The van der Waals surface area contributed by atoms with E-state index in [-0.39, 0.29) is 17.7 Å². The Kier molecular flexibility index (Phi) is 5.35. The summed E-state index contributed by atoms with van der Waals surface area (Å²) in [6.07, 6.45) is 1.16. The van der Waals surface area contributed by atoms with Gasteiger partial charge in [0.15, 0.2) is 5.78 Å². The minimum absolute atomic E-state index is 0.0375. The fourth-order valence-electron chi connectivity index (χ4n) is 1.09. The van der Waals surface area contributed by atoms with Crippen molar-refractivity contribution in [1.82, 2.24) is 5.32 Å². The van der Waals surface area contributed by atoms with Gasteiger partial charge in [-0.3, -0.25) is 9.59 Å². The molecule has 0 saturated heterocycles. The van der Waals surface area contributed by atoms with Gasteiger partial charge in [0, 0.05) is 6.42 Å².